The second-order valence-electron chi connectivity index (χ2n) is 5.74. The fraction of sp³-hybridized carbons (Fsp3) is 0.294. The highest BCUT2D eigenvalue weighted by Crippen LogP contribution is 2.19. The number of carbonyl (C=O) groups is 2. The Morgan fingerprint density at radius 2 is 2.04 bits per heavy atom. The average molecular weight is 451 g/mol. The molecule has 11 heteroatoms. The molecule has 2 N–H and O–H groups in total. The molecule has 1 aromatic rings. The quantitative estimate of drug-likeness (QED) is 0.592. The van der Waals surface area contributed by atoms with Crippen LogP contribution in [0.5, 0.6) is 0 Å². The Morgan fingerprint density at radius 1 is 1.29 bits per heavy atom. The molecule has 0 saturated heterocycles. The van der Waals surface area contributed by atoms with Crippen molar-refractivity contribution in [2.24, 2.45) is 0 Å². The van der Waals surface area contributed by atoms with Crippen LogP contribution in [0, 0.1) is 5.82 Å². The first-order valence-corrected chi connectivity index (χ1v) is 10.4. The molecular weight excluding hydrogens is 434 g/mol. The lowest BCUT2D eigenvalue weighted by Crippen LogP contribution is -2.35. The van der Waals surface area contributed by atoms with Gasteiger partial charge in [0, 0.05) is 16.6 Å². The van der Waals surface area contributed by atoms with Gasteiger partial charge in [-0.15, -0.1) is 0 Å². The van der Waals surface area contributed by atoms with Crippen molar-refractivity contribution >= 4 is 50.8 Å². The maximum Gasteiger partial charge on any atom is 0.307 e. The molecule has 0 fully saturated rings. The summed E-state index contributed by atoms with van der Waals surface area (Å²) in [6.07, 6.45) is 4.50. The third-order valence-corrected chi connectivity index (χ3v) is 5.88. The van der Waals surface area contributed by atoms with E-state index in [9.17, 15) is 22.4 Å². The van der Waals surface area contributed by atoms with E-state index in [1.807, 2.05) is 0 Å². The van der Waals surface area contributed by atoms with E-state index in [-0.39, 0.29) is 30.1 Å². The number of hydrogen-bond acceptors (Lipinski definition) is 5. The van der Waals surface area contributed by atoms with Crippen LogP contribution in [0.15, 0.2) is 41.5 Å². The maximum absolute atomic E-state index is 13.6. The summed E-state index contributed by atoms with van der Waals surface area (Å²) in [5, 5.41) is 2.10. The molecule has 1 aliphatic rings. The van der Waals surface area contributed by atoms with Gasteiger partial charge in [0.05, 0.1) is 17.4 Å². The number of amides is 1. The van der Waals surface area contributed by atoms with Gasteiger partial charge in [0.25, 0.3) is 5.91 Å². The van der Waals surface area contributed by atoms with Crippen LogP contribution in [0.3, 0.4) is 0 Å². The number of carbonyl (C=O) groups excluding carboxylic acids is 2. The number of esters is 1. The normalized spacial score (nSPS) is 16.4. The monoisotopic (exact) mass is 450 g/mol. The van der Waals surface area contributed by atoms with E-state index in [1.165, 1.54) is 24.3 Å². The van der Waals surface area contributed by atoms with Gasteiger partial charge in [0.1, 0.15) is 5.82 Å². The van der Waals surface area contributed by atoms with Gasteiger partial charge in [-0.3, -0.25) is 9.59 Å². The molecule has 7 nitrogen and oxygen atoms in total. The number of ether oxygens (including phenoxy) is 1. The highest BCUT2D eigenvalue weighted by atomic mass is 35.5. The van der Waals surface area contributed by atoms with Crippen LogP contribution in [0.2, 0.25) is 5.02 Å². The van der Waals surface area contributed by atoms with E-state index in [1.54, 1.807) is 6.08 Å². The first-order valence-electron chi connectivity index (χ1n) is 8.10. The molecule has 1 aliphatic carbocycles. The number of benzene rings is 1. The second-order valence-corrected chi connectivity index (χ2v) is 8.60. The molecule has 1 unspecified atom stereocenters. The van der Waals surface area contributed by atoms with Crippen LogP contribution < -0.4 is 10.0 Å². The van der Waals surface area contributed by atoms with Crippen LogP contribution in [0.4, 0.5) is 10.1 Å². The Morgan fingerprint density at radius 3 is 2.68 bits per heavy atom. The van der Waals surface area contributed by atoms with Gasteiger partial charge in [-0.05, 0) is 30.7 Å². The van der Waals surface area contributed by atoms with E-state index >= 15 is 0 Å². The zero-order valence-corrected chi connectivity index (χ0v) is 16.8. The van der Waals surface area contributed by atoms with E-state index < -0.39 is 39.6 Å². The van der Waals surface area contributed by atoms with Gasteiger partial charge < -0.3 is 10.1 Å². The Hall–Kier alpha value is -1.94. The van der Waals surface area contributed by atoms with Crippen molar-refractivity contribution in [2.45, 2.75) is 18.1 Å². The first-order chi connectivity index (χ1) is 13.2. The summed E-state index contributed by atoms with van der Waals surface area (Å²) in [7, 11) is -3.66. The predicted octanol–water partition coefficient (Wildman–Crippen LogP) is 2.72. The fourth-order valence-electron chi connectivity index (χ4n) is 2.20. The molecule has 152 valence electrons. The van der Waals surface area contributed by atoms with Gasteiger partial charge in [0.15, 0.2) is 6.61 Å². The van der Waals surface area contributed by atoms with Gasteiger partial charge in [-0.2, -0.15) is 0 Å². The summed E-state index contributed by atoms with van der Waals surface area (Å²) in [5.74, 6) is -2.25. The molecule has 0 saturated carbocycles. The summed E-state index contributed by atoms with van der Waals surface area (Å²) in [4.78, 5) is 23.3. The molecule has 2 rings (SSSR count). The highest BCUT2D eigenvalue weighted by molar-refractivity contribution is 7.90. The zero-order chi connectivity index (χ0) is 20.7. The topological polar surface area (TPSA) is 102 Å². The smallest absolute Gasteiger partial charge is 0.307 e. The molecule has 28 heavy (non-hydrogen) atoms. The molecule has 0 heterocycles. The minimum absolute atomic E-state index is 0.104. The molecule has 1 atom stereocenters. The van der Waals surface area contributed by atoms with E-state index in [4.69, 9.17) is 27.9 Å². The van der Waals surface area contributed by atoms with E-state index in [2.05, 4.69) is 10.0 Å². The Kier molecular flexibility index (Phi) is 7.99. The van der Waals surface area contributed by atoms with Gasteiger partial charge >= 0.3 is 5.97 Å². The largest absolute Gasteiger partial charge is 0.456 e. The fourth-order valence-corrected chi connectivity index (χ4v) is 3.76. The molecule has 1 aromatic carbocycles. The molecule has 1 amide bonds. The number of anilines is 1. The Balaban J connectivity index is 1.71. The highest BCUT2D eigenvalue weighted by Gasteiger charge is 2.23. The van der Waals surface area contributed by atoms with Crippen LogP contribution in [-0.4, -0.2) is 38.7 Å². The van der Waals surface area contributed by atoms with Crippen LogP contribution >= 0.6 is 23.2 Å². The van der Waals surface area contributed by atoms with Crippen molar-refractivity contribution in [1.29, 1.82) is 0 Å². The van der Waals surface area contributed by atoms with Crippen LogP contribution in [0.1, 0.15) is 12.8 Å². The standard InChI is InChI=1S/C17H17Cl2FN2O5S/c18-11-1-4-13(5-2-11)28(25,26)21-8-7-17(24)27-10-16(23)22-15-6-3-12(19)9-14(15)20/h1-4,6,9,13,21H,5,7-8,10H2,(H,22,23). The van der Waals surface area contributed by atoms with E-state index in [0.717, 1.165) is 6.07 Å². The summed E-state index contributed by atoms with van der Waals surface area (Å²) < 4.78 is 44.8. The molecule has 0 bridgehead atoms. The van der Waals surface area contributed by atoms with Crippen molar-refractivity contribution in [3.63, 3.8) is 0 Å². The van der Waals surface area contributed by atoms with Crippen molar-refractivity contribution in [3.8, 4) is 0 Å². The van der Waals surface area contributed by atoms with Crippen molar-refractivity contribution in [2.75, 3.05) is 18.5 Å². The second kappa shape index (κ2) is 10.0. The number of hydrogen-bond donors (Lipinski definition) is 2. The minimum atomic E-state index is -3.66. The lowest BCUT2D eigenvalue weighted by atomic mass is 10.2. The number of halogens is 3. The lowest BCUT2D eigenvalue weighted by Gasteiger charge is -2.15. The predicted molar refractivity (Wildman–Crippen MR) is 104 cm³/mol. The zero-order valence-electron chi connectivity index (χ0n) is 14.5. The van der Waals surface area contributed by atoms with Crippen molar-refractivity contribution < 1.29 is 27.1 Å². The summed E-state index contributed by atoms with van der Waals surface area (Å²) in [6.45, 7) is -0.821. The number of sulfonamides is 1. The SMILES string of the molecule is O=C(COC(=O)CCNS(=O)(=O)C1C=CC(Cl)=CC1)Nc1ccc(Cl)cc1F. The minimum Gasteiger partial charge on any atom is -0.456 e. The maximum atomic E-state index is 13.6. The third-order valence-electron chi connectivity index (χ3n) is 3.62. The van der Waals surface area contributed by atoms with Crippen molar-refractivity contribution in [1.82, 2.24) is 4.72 Å². The molecule has 0 aliphatic heterocycles. The van der Waals surface area contributed by atoms with E-state index in [0.29, 0.717) is 5.03 Å². The first kappa shape index (κ1) is 22.4. The summed E-state index contributed by atoms with van der Waals surface area (Å²) in [5.41, 5.74) is -0.104. The number of rotatable bonds is 8. The third kappa shape index (κ3) is 6.90. The van der Waals surface area contributed by atoms with Gasteiger partial charge in [-0.25, -0.2) is 17.5 Å². The van der Waals surface area contributed by atoms with Gasteiger partial charge in [-0.1, -0.05) is 35.4 Å². The lowest BCUT2D eigenvalue weighted by molar-refractivity contribution is -0.147. The number of nitrogens with one attached hydrogen (secondary N) is 2. The summed E-state index contributed by atoms with van der Waals surface area (Å²) >= 11 is 11.4. The molecule has 0 aromatic heterocycles. The number of allylic oxidation sites excluding steroid dienone is 3. The summed E-state index contributed by atoms with van der Waals surface area (Å²) in [6, 6.07) is 3.69. The molecular formula is C17H17Cl2FN2O5S. The van der Waals surface area contributed by atoms with Crippen molar-refractivity contribution in [3.05, 3.63) is 52.3 Å². The van der Waals surface area contributed by atoms with Crippen LogP contribution in [-0.2, 0) is 24.3 Å². The van der Waals surface area contributed by atoms with Crippen LogP contribution in [0.25, 0.3) is 0 Å². The van der Waals surface area contributed by atoms with Gasteiger partial charge in [0.2, 0.25) is 10.0 Å². The Bertz CT molecular complexity index is 918. The average Bonchev–Trinajstić information content (AvgIpc) is 2.62. The molecule has 0 radical (unpaired) electrons. The Labute approximate surface area is 171 Å². The molecule has 0 spiro atoms.